The molecule has 0 unspecified atom stereocenters. The molecule has 3 heterocycles. The number of aromatic amines is 1. The van der Waals surface area contributed by atoms with Crippen molar-refractivity contribution in [3.63, 3.8) is 0 Å². The minimum Gasteiger partial charge on any atom is -0.292 e. The normalized spacial score (nSPS) is 15.5. The van der Waals surface area contributed by atoms with Crippen LogP contribution < -0.4 is 5.56 Å². The summed E-state index contributed by atoms with van der Waals surface area (Å²) in [6, 6.07) is 5.21. The molecule has 2 aromatic heterocycles. The number of aromatic nitrogens is 4. The molecule has 23 heavy (non-hydrogen) atoms. The van der Waals surface area contributed by atoms with Crippen molar-refractivity contribution in [3.05, 3.63) is 56.4 Å². The van der Waals surface area contributed by atoms with Crippen LogP contribution in [-0.2, 0) is 6.54 Å². The summed E-state index contributed by atoms with van der Waals surface area (Å²) < 4.78 is 1.74. The van der Waals surface area contributed by atoms with Gasteiger partial charge in [-0.2, -0.15) is 5.10 Å². The van der Waals surface area contributed by atoms with Gasteiger partial charge in [-0.3, -0.25) is 14.5 Å². The molecule has 6 heteroatoms. The number of nitrogens with one attached hydrogen (secondary N) is 1. The van der Waals surface area contributed by atoms with Crippen molar-refractivity contribution < 1.29 is 0 Å². The fraction of sp³-hybridized carbons (Fsp3) is 0.235. The average Bonchev–Trinajstić information content (AvgIpc) is 3.06. The Labute approximate surface area is 137 Å². The standard InChI is InChI=1S/C17H15ClN4O/c1-9-14(10(2)21-20-9)7-11-5-6-22-16(11)19-15-8-12(18)3-4-13(15)17(22)23/h3-4,7-8H,5-6H2,1-2H3,(H,20,21). The maximum Gasteiger partial charge on any atom is 0.261 e. The molecule has 5 nitrogen and oxygen atoms in total. The first-order valence-electron chi connectivity index (χ1n) is 7.47. The number of nitrogens with zero attached hydrogens (tertiary/aromatic N) is 3. The van der Waals surface area contributed by atoms with Crippen molar-refractivity contribution in [2.24, 2.45) is 0 Å². The second kappa shape index (κ2) is 5.06. The zero-order valence-corrected chi connectivity index (χ0v) is 13.6. The summed E-state index contributed by atoms with van der Waals surface area (Å²) in [5, 5.41) is 8.39. The minimum absolute atomic E-state index is 0.00861. The molecule has 116 valence electrons. The van der Waals surface area contributed by atoms with E-state index in [1.807, 2.05) is 13.8 Å². The summed E-state index contributed by atoms with van der Waals surface area (Å²) in [6.45, 7) is 4.61. The molecule has 1 aliphatic rings. The van der Waals surface area contributed by atoms with Gasteiger partial charge in [0.25, 0.3) is 5.56 Å². The van der Waals surface area contributed by atoms with E-state index in [0.29, 0.717) is 22.5 Å². The number of hydrogen-bond acceptors (Lipinski definition) is 3. The van der Waals surface area contributed by atoms with E-state index in [1.54, 1.807) is 22.8 Å². The first kappa shape index (κ1) is 14.2. The van der Waals surface area contributed by atoms with Crippen LogP contribution in [0, 0.1) is 13.8 Å². The number of fused-ring (bicyclic) bond motifs is 2. The van der Waals surface area contributed by atoms with E-state index < -0.39 is 0 Å². The van der Waals surface area contributed by atoms with Crippen LogP contribution in [0.2, 0.25) is 5.02 Å². The van der Waals surface area contributed by atoms with Gasteiger partial charge < -0.3 is 0 Å². The van der Waals surface area contributed by atoms with E-state index in [0.717, 1.165) is 34.8 Å². The van der Waals surface area contributed by atoms with Crippen molar-refractivity contribution in [2.45, 2.75) is 26.8 Å². The minimum atomic E-state index is -0.00861. The van der Waals surface area contributed by atoms with Crippen molar-refractivity contribution in [2.75, 3.05) is 0 Å². The third-order valence-corrected chi connectivity index (χ3v) is 4.55. The first-order valence-corrected chi connectivity index (χ1v) is 7.85. The summed E-state index contributed by atoms with van der Waals surface area (Å²) >= 11 is 6.04. The van der Waals surface area contributed by atoms with Crippen LogP contribution >= 0.6 is 11.6 Å². The Morgan fingerprint density at radius 2 is 2.17 bits per heavy atom. The van der Waals surface area contributed by atoms with Crippen LogP contribution in [0.5, 0.6) is 0 Å². The fourth-order valence-electron chi connectivity index (χ4n) is 3.07. The number of hydrogen-bond donors (Lipinski definition) is 1. The van der Waals surface area contributed by atoms with Crippen LogP contribution in [0.4, 0.5) is 0 Å². The maximum atomic E-state index is 12.6. The molecule has 0 amide bonds. The molecule has 1 aromatic carbocycles. The van der Waals surface area contributed by atoms with Gasteiger partial charge in [0.2, 0.25) is 0 Å². The van der Waals surface area contributed by atoms with Crippen LogP contribution in [-0.4, -0.2) is 19.7 Å². The molecule has 3 aromatic rings. The van der Waals surface area contributed by atoms with Gasteiger partial charge in [0.1, 0.15) is 5.82 Å². The lowest BCUT2D eigenvalue weighted by Gasteiger charge is -2.06. The molecule has 0 spiro atoms. The zero-order valence-electron chi connectivity index (χ0n) is 12.9. The molecule has 0 radical (unpaired) electrons. The number of aryl methyl sites for hydroxylation is 2. The molecule has 1 aliphatic heterocycles. The third-order valence-electron chi connectivity index (χ3n) is 4.31. The highest BCUT2D eigenvalue weighted by Gasteiger charge is 2.21. The Hall–Kier alpha value is -2.40. The van der Waals surface area contributed by atoms with Gasteiger partial charge >= 0.3 is 0 Å². The quantitative estimate of drug-likeness (QED) is 0.746. The molecule has 0 fully saturated rings. The van der Waals surface area contributed by atoms with Crippen molar-refractivity contribution in [1.82, 2.24) is 19.7 Å². The zero-order chi connectivity index (χ0) is 16.1. The predicted molar refractivity (Wildman–Crippen MR) is 91.6 cm³/mol. The lowest BCUT2D eigenvalue weighted by atomic mass is 10.1. The number of allylic oxidation sites excluding steroid dienone is 1. The van der Waals surface area contributed by atoms with E-state index in [2.05, 4.69) is 21.3 Å². The van der Waals surface area contributed by atoms with E-state index in [9.17, 15) is 4.79 Å². The summed E-state index contributed by atoms with van der Waals surface area (Å²) in [5.74, 6) is 0.727. The highest BCUT2D eigenvalue weighted by molar-refractivity contribution is 6.31. The van der Waals surface area contributed by atoms with E-state index in [1.165, 1.54) is 0 Å². The van der Waals surface area contributed by atoms with Crippen LogP contribution in [0.25, 0.3) is 22.6 Å². The Kier molecular flexibility index (Phi) is 3.13. The molecule has 0 saturated carbocycles. The van der Waals surface area contributed by atoms with Crippen molar-refractivity contribution in [1.29, 1.82) is 0 Å². The monoisotopic (exact) mass is 326 g/mol. The lowest BCUT2D eigenvalue weighted by Crippen LogP contribution is -2.20. The summed E-state index contributed by atoms with van der Waals surface area (Å²) in [5.41, 5.74) is 4.71. The second-order valence-corrected chi connectivity index (χ2v) is 6.26. The highest BCUT2D eigenvalue weighted by Crippen LogP contribution is 2.29. The molecule has 4 rings (SSSR count). The molecule has 1 N–H and O–H groups in total. The fourth-order valence-corrected chi connectivity index (χ4v) is 3.24. The summed E-state index contributed by atoms with van der Waals surface area (Å²) in [7, 11) is 0. The number of rotatable bonds is 1. The Morgan fingerprint density at radius 1 is 1.35 bits per heavy atom. The van der Waals surface area contributed by atoms with E-state index in [4.69, 9.17) is 11.6 Å². The highest BCUT2D eigenvalue weighted by atomic mass is 35.5. The van der Waals surface area contributed by atoms with Crippen molar-refractivity contribution >= 4 is 34.2 Å². The van der Waals surface area contributed by atoms with Crippen LogP contribution in [0.1, 0.15) is 29.2 Å². The van der Waals surface area contributed by atoms with Gasteiger partial charge in [-0.1, -0.05) is 11.6 Å². The van der Waals surface area contributed by atoms with E-state index >= 15 is 0 Å². The van der Waals surface area contributed by atoms with Gasteiger partial charge in [-0.15, -0.1) is 0 Å². The van der Waals surface area contributed by atoms with Gasteiger partial charge in [0.05, 0.1) is 16.6 Å². The molecular formula is C17H15ClN4O. The molecular weight excluding hydrogens is 312 g/mol. The van der Waals surface area contributed by atoms with Crippen LogP contribution in [0.15, 0.2) is 23.0 Å². The van der Waals surface area contributed by atoms with Gasteiger partial charge in [-0.05, 0) is 50.1 Å². The second-order valence-electron chi connectivity index (χ2n) is 5.82. The topological polar surface area (TPSA) is 63.6 Å². The molecule has 0 aliphatic carbocycles. The summed E-state index contributed by atoms with van der Waals surface area (Å²) in [6.07, 6.45) is 2.87. The van der Waals surface area contributed by atoms with E-state index in [-0.39, 0.29) is 5.56 Å². The molecule has 0 bridgehead atoms. The van der Waals surface area contributed by atoms with Gasteiger partial charge in [0.15, 0.2) is 0 Å². The third kappa shape index (κ3) is 2.19. The Balaban J connectivity index is 1.95. The smallest absolute Gasteiger partial charge is 0.261 e. The SMILES string of the molecule is Cc1n[nH]c(C)c1C=C1CCn2c1nc1cc(Cl)ccc1c2=O. The van der Waals surface area contributed by atoms with Crippen molar-refractivity contribution in [3.8, 4) is 0 Å². The van der Waals surface area contributed by atoms with Gasteiger partial charge in [-0.25, -0.2) is 4.98 Å². The number of benzene rings is 1. The Bertz CT molecular complexity index is 1010. The number of H-pyrrole nitrogens is 1. The largest absolute Gasteiger partial charge is 0.292 e. The lowest BCUT2D eigenvalue weighted by molar-refractivity contribution is 0.725. The maximum absolute atomic E-state index is 12.6. The average molecular weight is 327 g/mol. The van der Waals surface area contributed by atoms with Crippen LogP contribution in [0.3, 0.4) is 0 Å². The van der Waals surface area contributed by atoms with Gasteiger partial charge in [0, 0.05) is 22.8 Å². The first-order chi connectivity index (χ1) is 11.0. The predicted octanol–water partition coefficient (Wildman–Crippen LogP) is 3.33. The molecule has 0 atom stereocenters. The molecule has 0 saturated heterocycles. The summed E-state index contributed by atoms with van der Waals surface area (Å²) in [4.78, 5) is 17.3. The Morgan fingerprint density at radius 3 is 2.91 bits per heavy atom. The number of halogens is 1.